The van der Waals surface area contributed by atoms with E-state index < -0.39 is 21.3 Å². The van der Waals surface area contributed by atoms with Gasteiger partial charge >= 0.3 is 0 Å². The molecule has 2 aromatic rings. The number of benzene rings is 2. The lowest BCUT2D eigenvalue weighted by molar-refractivity contribution is 0.0509. The van der Waals surface area contributed by atoms with Crippen molar-refractivity contribution in [2.75, 3.05) is 26.9 Å². The molecule has 1 heterocycles. The smallest absolute Gasteiger partial charge is 0.240 e. The van der Waals surface area contributed by atoms with E-state index in [1.807, 2.05) is 24.3 Å². The molecule has 0 radical (unpaired) electrons. The summed E-state index contributed by atoms with van der Waals surface area (Å²) in [6.07, 6.45) is 1.36. The highest BCUT2D eigenvalue weighted by Gasteiger charge is 2.38. The number of ether oxygens (including phenoxy) is 2. The molecule has 0 bridgehead atoms. The van der Waals surface area contributed by atoms with Crippen molar-refractivity contribution in [3.05, 3.63) is 59.4 Å². The standard InChI is InChI=1S/C20H24FNO4S/c1-15-13-16(21)7-8-19(15)27(23,24)22-14-20(9-11-26-12-10-20)17-5-3-4-6-18(17)25-2/h3-8,13,22H,9-12,14H2,1-2H3. The number of aryl methyl sites for hydroxylation is 1. The van der Waals surface area contributed by atoms with E-state index in [0.717, 1.165) is 17.4 Å². The summed E-state index contributed by atoms with van der Waals surface area (Å²) in [4.78, 5) is 0.0890. The first-order valence-corrected chi connectivity index (χ1v) is 10.3. The van der Waals surface area contributed by atoms with Crippen LogP contribution >= 0.6 is 0 Å². The molecule has 5 nitrogen and oxygen atoms in total. The first-order chi connectivity index (χ1) is 12.9. The second-order valence-corrected chi connectivity index (χ2v) is 8.56. The predicted octanol–water partition coefficient (Wildman–Crippen LogP) is 3.17. The van der Waals surface area contributed by atoms with Crippen LogP contribution in [-0.4, -0.2) is 35.3 Å². The number of hydrogen-bond acceptors (Lipinski definition) is 4. The molecular formula is C20H24FNO4S. The molecule has 3 rings (SSSR count). The second-order valence-electron chi connectivity index (χ2n) is 6.83. The maximum atomic E-state index is 13.3. The quantitative estimate of drug-likeness (QED) is 0.819. The van der Waals surface area contributed by atoms with Gasteiger partial charge in [0.2, 0.25) is 10.0 Å². The van der Waals surface area contributed by atoms with Crippen LogP contribution in [-0.2, 0) is 20.2 Å². The largest absolute Gasteiger partial charge is 0.496 e. The van der Waals surface area contributed by atoms with Crippen LogP contribution in [0.2, 0.25) is 0 Å². The molecule has 7 heteroatoms. The first kappa shape index (κ1) is 19.8. The van der Waals surface area contributed by atoms with Gasteiger partial charge in [-0.1, -0.05) is 18.2 Å². The van der Waals surface area contributed by atoms with Gasteiger partial charge in [-0.15, -0.1) is 0 Å². The normalized spacial score (nSPS) is 16.9. The number of methoxy groups -OCH3 is 1. The van der Waals surface area contributed by atoms with Crippen LogP contribution in [0, 0.1) is 12.7 Å². The molecule has 146 valence electrons. The number of nitrogens with one attached hydrogen (secondary N) is 1. The number of rotatable bonds is 6. The lowest BCUT2D eigenvalue weighted by Gasteiger charge is -2.38. The Kier molecular flexibility index (Phi) is 5.83. The Hall–Kier alpha value is -1.96. The minimum atomic E-state index is -3.77. The third-order valence-electron chi connectivity index (χ3n) is 5.16. The van der Waals surface area contributed by atoms with Crippen LogP contribution in [0.15, 0.2) is 47.4 Å². The second kappa shape index (κ2) is 7.96. The van der Waals surface area contributed by atoms with Gasteiger partial charge in [0, 0.05) is 30.7 Å². The lowest BCUT2D eigenvalue weighted by Crippen LogP contribution is -2.44. The molecule has 0 amide bonds. The van der Waals surface area contributed by atoms with Crippen LogP contribution in [0.5, 0.6) is 5.75 Å². The molecule has 1 N–H and O–H groups in total. The summed E-state index contributed by atoms with van der Waals surface area (Å²) in [6, 6.07) is 11.3. The Morgan fingerprint density at radius 2 is 1.89 bits per heavy atom. The van der Waals surface area contributed by atoms with Crippen LogP contribution in [0.3, 0.4) is 0 Å². The summed E-state index contributed by atoms with van der Waals surface area (Å²) in [6.45, 7) is 2.91. The minimum absolute atomic E-state index is 0.0890. The van der Waals surface area contributed by atoms with E-state index in [-0.39, 0.29) is 11.4 Å². The minimum Gasteiger partial charge on any atom is -0.496 e. The Balaban J connectivity index is 1.92. The lowest BCUT2D eigenvalue weighted by atomic mass is 9.74. The van der Waals surface area contributed by atoms with Gasteiger partial charge in [0.25, 0.3) is 0 Å². The average Bonchev–Trinajstić information content (AvgIpc) is 2.67. The summed E-state index contributed by atoms with van der Waals surface area (Å²) < 4.78 is 52.8. The van der Waals surface area contributed by atoms with Gasteiger partial charge in [-0.25, -0.2) is 17.5 Å². The first-order valence-electron chi connectivity index (χ1n) is 8.85. The van der Waals surface area contributed by atoms with Gasteiger partial charge in [0.05, 0.1) is 12.0 Å². The molecule has 1 fully saturated rings. The fourth-order valence-corrected chi connectivity index (χ4v) is 4.96. The zero-order valence-corrected chi connectivity index (χ0v) is 16.3. The van der Waals surface area contributed by atoms with E-state index >= 15 is 0 Å². The zero-order chi connectivity index (χ0) is 19.5. The van der Waals surface area contributed by atoms with E-state index in [1.165, 1.54) is 12.1 Å². The Bertz CT molecular complexity index is 908. The monoisotopic (exact) mass is 393 g/mol. The van der Waals surface area contributed by atoms with Crippen LogP contribution in [0.4, 0.5) is 4.39 Å². The average molecular weight is 393 g/mol. The third-order valence-corrected chi connectivity index (χ3v) is 6.72. The van der Waals surface area contributed by atoms with Crippen molar-refractivity contribution in [2.45, 2.75) is 30.1 Å². The van der Waals surface area contributed by atoms with Crippen molar-refractivity contribution in [3.63, 3.8) is 0 Å². The number of hydrogen-bond donors (Lipinski definition) is 1. The van der Waals surface area contributed by atoms with Crippen molar-refractivity contribution in [2.24, 2.45) is 0 Å². The number of halogens is 1. The van der Waals surface area contributed by atoms with Gasteiger partial charge in [-0.05, 0) is 49.6 Å². The summed E-state index contributed by atoms with van der Waals surface area (Å²) in [5.41, 5.74) is 0.918. The topological polar surface area (TPSA) is 64.6 Å². The summed E-state index contributed by atoms with van der Waals surface area (Å²) >= 11 is 0. The van der Waals surface area contributed by atoms with Crippen molar-refractivity contribution < 1.29 is 22.3 Å². The van der Waals surface area contributed by atoms with E-state index in [4.69, 9.17) is 9.47 Å². The molecule has 0 atom stereocenters. The number of para-hydroxylation sites is 1. The zero-order valence-electron chi connectivity index (χ0n) is 15.5. The number of sulfonamides is 1. The maximum Gasteiger partial charge on any atom is 0.240 e. The molecule has 27 heavy (non-hydrogen) atoms. The SMILES string of the molecule is COc1ccccc1C1(CNS(=O)(=O)c2ccc(F)cc2C)CCOCC1. The third kappa shape index (κ3) is 4.15. The molecule has 1 aliphatic rings. The van der Waals surface area contributed by atoms with Gasteiger partial charge in [0.15, 0.2) is 0 Å². The fourth-order valence-electron chi connectivity index (χ4n) is 3.61. The predicted molar refractivity (Wildman–Crippen MR) is 101 cm³/mol. The highest BCUT2D eigenvalue weighted by Crippen LogP contribution is 2.39. The Labute approximate surface area is 159 Å². The van der Waals surface area contributed by atoms with Gasteiger partial charge in [-0.2, -0.15) is 0 Å². The van der Waals surface area contributed by atoms with E-state index in [9.17, 15) is 12.8 Å². The molecule has 1 aliphatic heterocycles. The molecule has 0 aromatic heterocycles. The molecule has 0 saturated carbocycles. The van der Waals surface area contributed by atoms with Crippen molar-refractivity contribution in [1.29, 1.82) is 0 Å². The van der Waals surface area contributed by atoms with Crippen molar-refractivity contribution in [3.8, 4) is 5.75 Å². The highest BCUT2D eigenvalue weighted by molar-refractivity contribution is 7.89. The van der Waals surface area contributed by atoms with Gasteiger partial charge in [-0.3, -0.25) is 0 Å². The highest BCUT2D eigenvalue weighted by atomic mass is 32.2. The van der Waals surface area contributed by atoms with Crippen LogP contribution < -0.4 is 9.46 Å². The summed E-state index contributed by atoms with van der Waals surface area (Å²) in [5.74, 6) is 0.276. The van der Waals surface area contributed by atoms with E-state index in [2.05, 4.69) is 4.72 Å². The van der Waals surface area contributed by atoms with Crippen molar-refractivity contribution >= 4 is 10.0 Å². The van der Waals surface area contributed by atoms with E-state index in [1.54, 1.807) is 14.0 Å². The maximum absolute atomic E-state index is 13.3. The van der Waals surface area contributed by atoms with Crippen LogP contribution in [0.25, 0.3) is 0 Å². The van der Waals surface area contributed by atoms with Crippen molar-refractivity contribution in [1.82, 2.24) is 4.72 Å². The van der Waals surface area contributed by atoms with Crippen LogP contribution in [0.1, 0.15) is 24.0 Å². The molecule has 0 aliphatic carbocycles. The Morgan fingerprint density at radius 1 is 1.19 bits per heavy atom. The molecular weight excluding hydrogens is 369 g/mol. The molecule has 2 aromatic carbocycles. The summed E-state index contributed by atoms with van der Waals surface area (Å²) in [5, 5.41) is 0. The molecule has 0 spiro atoms. The molecule has 0 unspecified atom stereocenters. The Morgan fingerprint density at radius 3 is 2.56 bits per heavy atom. The fraction of sp³-hybridized carbons (Fsp3) is 0.400. The molecule has 1 saturated heterocycles. The summed E-state index contributed by atoms with van der Waals surface area (Å²) in [7, 11) is -2.16. The van der Waals surface area contributed by atoms with Gasteiger partial charge in [0.1, 0.15) is 11.6 Å². The van der Waals surface area contributed by atoms with Gasteiger partial charge < -0.3 is 9.47 Å². The van der Waals surface area contributed by atoms with E-state index in [0.29, 0.717) is 31.6 Å².